The molecule has 2 atom stereocenters. The van der Waals surface area contributed by atoms with Crippen LogP contribution in [-0.4, -0.2) is 23.8 Å². The molecule has 0 amide bonds. The number of aliphatic hydroxyl groups is 1. The molecule has 1 aliphatic heterocycles. The highest BCUT2D eigenvalue weighted by Gasteiger charge is 2.33. The van der Waals surface area contributed by atoms with Crippen molar-refractivity contribution < 1.29 is 5.11 Å². The molecule has 1 aliphatic rings. The van der Waals surface area contributed by atoms with Gasteiger partial charge in [0.25, 0.3) is 0 Å². The molecule has 0 radical (unpaired) electrons. The van der Waals surface area contributed by atoms with Gasteiger partial charge in [-0.05, 0) is 78.0 Å². The Bertz CT molecular complexity index is 765. The second-order valence-electron chi connectivity index (χ2n) is 10.3. The highest BCUT2D eigenvalue weighted by Crippen LogP contribution is 2.39. The Morgan fingerprint density at radius 2 is 1.06 bits per heavy atom. The third kappa shape index (κ3) is 5.08. The summed E-state index contributed by atoms with van der Waals surface area (Å²) >= 11 is 0. The summed E-state index contributed by atoms with van der Waals surface area (Å²) in [6.07, 6.45) is 7.60. The van der Waals surface area contributed by atoms with E-state index in [2.05, 4.69) is 95.4 Å². The standard InChI is InChI=1S/C31H47NO/c1-7-30(8-2,9-3)25-17-13-23(14-18-25)29(28-21-27(33)22-32-28)24-15-19-26(20-16-24)31(10-4,11-5)12-6/h13-20,27-29,32-33H,7-12,21-22H2,1-6H3/t27-,28-/m1/s1. The zero-order chi connectivity index (χ0) is 24.1. The molecule has 1 heterocycles. The first kappa shape index (κ1) is 26.0. The largest absolute Gasteiger partial charge is 0.392 e. The molecule has 2 aromatic carbocycles. The van der Waals surface area contributed by atoms with Crippen molar-refractivity contribution in [3.63, 3.8) is 0 Å². The Kier molecular flexibility index (Phi) is 8.81. The third-order valence-electron chi connectivity index (χ3n) is 9.37. The molecule has 33 heavy (non-hydrogen) atoms. The zero-order valence-electron chi connectivity index (χ0n) is 22.0. The van der Waals surface area contributed by atoms with Crippen LogP contribution in [0, 0.1) is 0 Å². The van der Waals surface area contributed by atoms with Gasteiger partial charge in [0.2, 0.25) is 0 Å². The lowest BCUT2D eigenvalue weighted by atomic mass is 9.72. The summed E-state index contributed by atoms with van der Waals surface area (Å²) in [6.45, 7) is 14.6. The van der Waals surface area contributed by atoms with Gasteiger partial charge in [0.05, 0.1) is 6.10 Å². The van der Waals surface area contributed by atoms with E-state index in [-0.39, 0.29) is 28.9 Å². The molecule has 0 spiro atoms. The van der Waals surface area contributed by atoms with E-state index in [1.165, 1.54) is 60.8 Å². The minimum atomic E-state index is -0.253. The lowest BCUT2D eigenvalue weighted by Crippen LogP contribution is -2.30. The van der Waals surface area contributed by atoms with E-state index in [0.29, 0.717) is 6.54 Å². The second kappa shape index (κ2) is 11.2. The van der Waals surface area contributed by atoms with Crippen LogP contribution in [0.1, 0.15) is 115 Å². The van der Waals surface area contributed by atoms with Crippen molar-refractivity contribution in [2.24, 2.45) is 0 Å². The molecule has 1 fully saturated rings. The third-order valence-corrected chi connectivity index (χ3v) is 9.37. The fourth-order valence-electron chi connectivity index (χ4n) is 6.47. The fourth-order valence-corrected chi connectivity index (χ4v) is 6.47. The van der Waals surface area contributed by atoms with E-state index >= 15 is 0 Å². The molecule has 1 saturated heterocycles. The van der Waals surface area contributed by atoms with Crippen LogP contribution >= 0.6 is 0 Å². The maximum absolute atomic E-state index is 10.3. The number of benzene rings is 2. The summed E-state index contributed by atoms with van der Waals surface area (Å²) in [6, 6.07) is 19.1. The van der Waals surface area contributed by atoms with Crippen LogP contribution in [0.2, 0.25) is 0 Å². The van der Waals surface area contributed by atoms with Crippen LogP contribution in [0.4, 0.5) is 0 Å². The Labute approximate surface area is 203 Å². The maximum atomic E-state index is 10.3. The topological polar surface area (TPSA) is 32.3 Å². The van der Waals surface area contributed by atoms with Gasteiger partial charge in [0, 0.05) is 18.5 Å². The molecule has 0 aliphatic carbocycles. The van der Waals surface area contributed by atoms with Gasteiger partial charge in [-0.3, -0.25) is 0 Å². The van der Waals surface area contributed by atoms with Crippen LogP contribution in [0.25, 0.3) is 0 Å². The van der Waals surface area contributed by atoms with Crippen molar-refractivity contribution in [2.75, 3.05) is 6.54 Å². The summed E-state index contributed by atoms with van der Waals surface area (Å²) in [5, 5.41) is 13.9. The summed E-state index contributed by atoms with van der Waals surface area (Å²) in [7, 11) is 0. The number of nitrogens with one attached hydrogen (secondary N) is 1. The summed E-state index contributed by atoms with van der Waals surface area (Å²) < 4.78 is 0. The van der Waals surface area contributed by atoms with Crippen molar-refractivity contribution in [1.29, 1.82) is 0 Å². The molecule has 182 valence electrons. The molecule has 0 aromatic heterocycles. The first-order valence-electron chi connectivity index (χ1n) is 13.5. The monoisotopic (exact) mass is 449 g/mol. The van der Waals surface area contributed by atoms with Crippen molar-refractivity contribution >= 4 is 0 Å². The van der Waals surface area contributed by atoms with E-state index in [9.17, 15) is 5.11 Å². The highest BCUT2D eigenvalue weighted by molar-refractivity contribution is 5.40. The van der Waals surface area contributed by atoms with Gasteiger partial charge in [0.15, 0.2) is 0 Å². The van der Waals surface area contributed by atoms with Crippen LogP contribution in [0.5, 0.6) is 0 Å². The quantitative estimate of drug-likeness (QED) is 0.373. The first-order chi connectivity index (χ1) is 15.9. The van der Waals surface area contributed by atoms with Crippen molar-refractivity contribution in [2.45, 2.75) is 115 Å². The molecule has 0 bridgehead atoms. The molecular formula is C31H47NO. The molecule has 3 rings (SSSR count). The van der Waals surface area contributed by atoms with Gasteiger partial charge in [0.1, 0.15) is 0 Å². The lowest BCUT2D eigenvalue weighted by molar-refractivity contribution is 0.192. The minimum Gasteiger partial charge on any atom is -0.392 e. The number of β-amino-alcohol motifs (C(OH)–C–C–N with tert-alkyl or cyclic N) is 1. The van der Waals surface area contributed by atoms with Gasteiger partial charge < -0.3 is 10.4 Å². The molecular weight excluding hydrogens is 402 g/mol. The number of hydrogen-bond donors (Lipinski definition) is 2. The van der Waals surface area contributed by atoms with Crippen LogP contribution in [-0.2, 0) is 10.8 Å². The Hall–Kier alpha value is -1.64. The van der Waals surface area contributed by atoms with Gasteiger partial charge in [-0.25, -0.2) is 0 Å². The Morgan fingerprint density at radius 1 is 0.697 bits per heavy atom. The van der Waals surface area contributed by atoms with Gasteiger partial charge >= 0.3 is 0 Å². The smallest absolute Gasteiger partial charge is 0.0679 e. The molecule has 2 nitrogen and oxygen atoms in total. The number of rotatable bonds is 11. The highest BCUT2D eigenvalue weighted by atomic mass is 16.3. The van der Waals surface area contributed by atoms with E-state index in [1.807, 2.05) is 0 Å². The summed E-state index contributed by atoms with van der Waals surface area (Å²) in [4.78, 5) is 0. The van der Waals surface area contributed by atoms with E-state index in [0.717, 1.165) is 6.42 Å². The molecule has 0 unspecified atom stereocenters. The molecule has 2 heteroatoms. The van der Waals surface area contributed by atoms with E-state index in [1.54, 1.807) is 0 Å². The molecule has 0 saturated carbocycles. The van der Waals surface area contributed by atoms with Crippen molar-refractivity contribution in [3.8, 4) is 0 Å². The fraction of sp³-hybridized carbons (Fsp3) is 0.613. The van der Waals surface area contributed by atoms with Crippen LogP contribution in [0.15, 0.2) is 48.5 Å². The first-order valence-corrected chi connectivity index (χ1v) is 13.5. The van der Waals surface area contributed by atoms with Gasteiger partial charge in [-0.2, -0.15) is 0 Å². The maximum Gasteiger partial charge on any atom is 0.0679 e. The molecule has 2 N–H and O–H groups in total. The predicted octanol–water partition coefficient (Wildman–Crippen LogP) is 7.48. The Balaban J connectivity index is 1.98. The van der Waals surface area contributed by atoms with Gasteiger partial charge in [-0.1, -0.05) is 90.1 Å². The normalized spacial score (nSPS) is 19.4. The second-order valence-corrected chi connectivity index (χ2v) is 10.3. The van der Waals surface area contributed by atoms with Crippen molar-refractivity contribution in [3.05, 3.63) is 70.8 Å². The summed E-state index contributed by atoms with van der Waals surface area (Å²) in [5.74, 6) is 0.254. The van der Waals surface area contributed by atoms with Crippen LogP contribution < -0.4 is 5.32 Å². The minimum absolute atomic E-state index is 0.253. The van der Waals surface area contributed by atoms with Crippen molar-refractivity contribution in [1.82, 2.24) is 5.32 Å². The van der Waals surface area contributed by atoms with E-state index < -0.39 is 0 Å². The average molecular weight is 450 g/mol. The predicted molar refractivity (Wildman–Crippen MR) is 142 cm³/mol. The SMILES string of the molecule is CCC(CC)(CC)c1ccc(C(c2ccc(C(CC)(CC)CC)cc2)[C@H]2C[C@@H](O)CN2)cc1. The number of hydrogen-bond acceptors (Lipinski definition) is 2. The summed E-state index contributed by atoms with van der Waals surface area (Å²) in [5.41, 5.74) is 6.19. The molecule has 2 aromatic rings. The van der Waals surface area contributed by atoms with Crippen LogP contribution in [0.3, 0.4) is 0 Å². The lowest BCUT2D eigenvalue weighted by Gasteiger charge is -2.33. The van der Waals surface area contributed by atoms with Gasteiger partial charge in [-0.15, -0.1) is 0 Å². The Morgan fingerprint density at radius 3 is 1.33 bits per heavy atom. The number of aliphatic hydroxyl groups excluding tert-OH is 1. The van der Waals surface area contributed by atoms with E-state index in [4.69, 9.17) is 0 Å². The zero-order valence-corrected chi connectivity index (χ0v) is 22.0. The average Bonchev–Trinajstić information content (AvgIpc) is 3.29.